The number of hydrazone groups is 1. The van der Waals surface area contributed by atoms with Gasteiger partial charge in [0, 0.05) is 10.6 Å². The summed E-state index contributed by atoms with van der Waals surface area (Å²) in [5.74, 6) is 0.376. The van der Waals surface area contributed by atoms with Crippen molar-refractivity contribution in [1.82, 2.24) is 5.43 Å². The van der Waals surface area contributed by atoms with E-state index in [-0.39, 0.29) is 5.91 Å². The first-order valence-electron chi connectivity index (χ1n) is 11.2. The van der Waals surface area contributed by atoms with E-state index in [1.165, 1.54) is 6.21 Å². The fraction of sp³-hybridized carbons (Fsp3) is 0.0690. The van der Waals surface area contributed by atoms with E-state index in [4.69, 9.17) is 21.1 Å². The molecule has 0 radical (unpaired) electrons. The van der Waals surface area contributed by atoms with E-state index in [1.54, 1.807) is 72.8 Å². The number of carbonyl (C=O) groups excluding carboxylic acids is 2. The van der Waals surface area contributed by atoms with Gasteiger partial charge in [-0.25, -0.2) is 10.2 Å². The van der Waals surface area contributed by atoms with Crippen LogP contribution in [0.15, 0.2) is 102 Å². The summed E-state index contributed by atoms with van der Waals surface area (Å²) in [6.45, 7) is 2.33. The lowest BCUT2D eigenvalue weighted by Crippen LogP contribution is -2.17. The highest BCUT2D eigenvalue weighted by molar-refractivity contribution is 6.30. The number of esters is 1. The quantitative estimate of drug-likeness (QED) is 0.135. The van der Waals surface area contributed by atoms with Crippen molar-refractivity contribution in [3.8, 4) is 11.5 Å². The fourth-order valence-electron chi connectivity index (χ4n) is 3.16. The van der Waals surface area contributed by atoms with Gasteiger partial charge in [0.15, 0.2) is 0 Å². The Morgan fingerprint density at radius 1 is 0.806 bits per heavy atom. The van der Waals surface area contributed by atoms with Crippen LogP contribution in [0.25, 0.3) is 0 Å². The Labute approximate surface area is 214 Å². The molecular weight excluding hydrogens is 476 g/mol. The molecule has 0 saturated carbocycles. The number of aryl methyl sites for hydroxylation is 1. The standard InChI is InChI=1S/C29H23ClN2O4/c1-20-2-8-24(9-3-20)29(34)36-27-14-6-21(7-15-27)18-31-32-28(33)23-10-4-22(5-11-23)19-35-26-16-12-25(30)13-17-26/h2-18H,19H2,1H3,(H,32,33)/b31-18+. The van der Waals surface area contributed by atoms with Crippen LogP contribution in [-0.4, -0.2) is 18.1 Å². The molecule has 0 heterocycles. The van der Waals surface area contributed by atoms with Crippen LogP contribution in [0.4, 0.5) is 0 Å². The number of nitrogens with one attached hydrogen (secondary N) is 1. The molecule has 1 amide bonds. The van der Waals surface area contributed by atoms with Gasteiger partial charge >= 0.3 is 5.97 Å². The first kappa shape index (κ1) is 24.7. The minimum Gasteiger partial charge on any atom is -0.489 e. The number of hydrogen-bond donors (Lipinski definition) is 1. The van der Waals surface area contributed by atoms with Gasteiger partial charge in [0.1, 0.15) is 18.1 Å². The summed E-state index contributed by atoms with van der Waals surface area (Å²) >= 11 is 5.87. The highest BCUT2D eigenvalue weighted by atomic mass is 35.5. The molecule has 7 heteroatoms. The maximum absolute atomic E-state index is 12.4. The minimum atomic E-state index is -0.425. The van der Waals surface area contributed by atoms with Crippen molar-refractivity contribution in [3.05, 3.63) is 130 Å². The van der Waals surface area contributed by atoms with Gasteiger partial charge in [0.2, 0.25) is 0 Å². The van der Waals surface area contributed by atoms with Gasteiger partial charge in [0.25, 0.3) is 5.91 Å². The highest BCUT2D eigenvalue weighted by Gasteiger charge is 2.08. The Hall–Kier alpha value is -4.42. The van der Waals surface area contributed by atoms with Crippen LogP contribution >= 0.6 is 11.6 Å². The Morgan fingerprint density at radius 3 is 2.08 bits per heavy atom. The van der Waals surface area contributed by atoms with Crippen molar-refractivity contribution in [1.29, 1.82) is 0 Å². The van der Waals surface area contributed by atoms with Gasteiger partial charge in [-0.05, 0) is 90.8 Å². The zero-order valence-corrected chi connectivity index (χ0v) is 20.2. The average Bonchev–Trinajstić information content (AvgIpc) is 2.90. The van der Waals surface area contributed by atoms with Crippen LogP contribution in [0.2, 0.25) is 5.02 Å². The van der Waals surface area contributed by atoms with E-state index in [1.807, 2.05) is 31.2 Å². The second-order valence-electron chi connectivity index (χ2n) is 7.96. The van der Waals surface area contributed by atoms with Crippen LogP contribution in [0.5, 0.6) is 11.5 Å². The lowest BCUT2D eigenvalue weighted by molar-refractivity contribution is 0.0734. The molecule has 0 bridgehead atoms. The summed E-state index contributed by atoms with van der Waals surface area (Å²) in [6.07, 6.45) is 1.51. The zero-order valence-electron chi connectivity index (χ0n) is 19.5. The molecule has 0 spiro atoms. The van der Waals surface area contributed by atoms with Crippen LogP contribution in [0.1, 0.15) is 37.4 Å². The molecule has 0 saturated heterocycles. The predicted molar refractivity (Wildman–Crippen MR) is 140 cm³/mol. The third-order valence-electron chi connectivity index (χ3n) is 5.19. The van der Waals surface area contributed by atoms with Gasteiger partial charge in [-0.1, -0.05) is 41.4 Å². The summed E-state index contributed by atoms with van der Waals surface area (Å²) in [5, 5.41) is 4.65. The zero-order chi connectivity index (χ0) is 25.3. The molecule has 6 nitrogen and oxygen atoms in total. The third-order valence-corrected chi connectivity index (χ3v) is 5.44. The fourth-order valence-corrected chi connectivity index (χ4v) is 3.28. The molecule has 0 aliphatic rings. The monoisotopic (exact) mass is 498 g/mol. The summed E-state index contributed by atoms with van der Waals surface area (Å²) in [4.78, 5) is 24.6. The number of rotatable bonds is 8. The smallest absolute Gasteiger partial charge is 0.343 e. The maximum atomic E-state index is 12.4. The van der Waals surface area contributed by atoms with E-state index in [9.17, 15) is 9.59 Å². The third kappa shape index (κ3) is 7.04. The van der Waals surface area contributed by atoms with Crippen molar-refractivity contribution in [2.45, 2.75) is 13.5 Å². The van der Waals surface area contributed by atoms with Crippen LogP contribution in [0.3, 0.4) is 0 Å². The Bertz CT molecular complexity index is 1350. The first-order chi connectivity index (χ1) is 17.5. The van der Waals surface area contributed by atoms with Gasteiger partial charge in [-0.2, -0.15) is 5.10 Å². The number of amides is 1. The van der Waals surface area contributed by atoms with Crippen LogP contribution in [0, 0.1) is 6.92 Å². The average molecular weight is 499 g/mol. The van der Waals surface area contributed by atoms with Gasteiger partial charge in [0.05, 0.1) is 11.8 Å². The topological polar surface area (TPSA) is 77.0 Å². The van der Waals surface area contributed by atoms with Crippen molar-refractivity contribution in [2.24, 2.45) is 5.10 Å². The molecule has 0 fully saturated rings. The predicted octanol–water partition coefficient (Wildman–Crippen LogP) is 6.21. The summed E-state index contributed by atoms with van der Waals surface area (Å²) in [7, 11) is 0. The summed E-state index contributed by atoms with van der Waals surface area (Å²) in [5.41, 5.74) is 6.19. The molecule has 180 valence electrons. The van der Waals surface area contributed by atoms with Crippen LogP contribution < -0.4 is 14.9 Å². The number of hydrogen-bond acceptors (Lipinski definition) is 5. The largest absolute Gasteiger partial charge is 0.489 e. The van der Waals surface area contributed by atoms with Crippen molar-refractivity contribution in [3.63, 3.8) is 0 Å². The number of carbonyl (C=O) groups is 2. The van der Waals surface area contributed by atoms with Crippen LogP contribution in [-0.2, 0) is 6.61 Å². The number of ether oxygens (including phenoxy) is 2. The van der Waals surface area contributed by atoms with Gasteiger partial charge < -0.3 is 9.47 Å². The lowest BCUT2D eigenvalue weighted by Gasteiger charge is -2.07. The molecular formula is C29H23ClN2O4. The second kappa shape index (κ2) is 11.8. The molecule has 0 aromatic heterocycles. The summed E-state index contributed by atoms with van der Waals surface area (Å²) in [6, 6.07) is 28.2. The van der Waals surface area contributed by atoms with Gasteiger partial charge in [-0.3, -0.25) is 4.79 Å². The van der Waals surface area contributed by atoms with Crippen molar-refractivity contribution >= 4 is 29.7 Å². The molecule has 0 aliphatic heterocycles. The molecule has 36 heavy (non-hydrogen) atoms. The second-order valence-corrected chi connectivity index (χ2v) is 8.40. The van der Waals surface area contributed by atoms with E-state index in [0.29, 0.717) is 34.3 Å². The SMILES string of the molecule is Cc1ccc(C(=O)Oc2ccc(/C=N/NC(=O)c3ccc(COc4ccc(Cl)cc4)cc3)cc2)cc1. The molecule has 4 rings (SSSR count). The van der Waals surface area contributed by atoms with E-state index < -0.39 is 5.97 Å². The van der Waals surface area contributed by atoms with Crippen molar-refractivity contribution in [2.75, 3.05) is 0 Å². The Morgan fingerprint density at radius 2 is 1.42 bits per heavy atom. The molecule has 1 N–H and O–H groups in total. The molecule has 4 aromatic rings. The van der Waals surface area contributed by atoms with Gasteiger partial charge in [-0.15, -0.1) is 0 Å². The minimum absolute atomic E-state index is 0.333. The normalized spacial score (nSPS) is 10.7. The Balaban J connectivity index is 1.25. The molecule has 0 unspecified atom stereocenters. The molecule has 0 aliphatic carbocycles. The Kier molecular flexibility index (Phi) is 8.11. The number of nitrogens with zero attached hydrogens (tertiary/aromatic N) is 1. The van der Waals surface area contributed by atoms with E-state index in [2.05, 4.69) is 10.5 Å². The molecule has 4 aromatic carbocycles. The first-order valence-corrected chi connectivity index (χ1v) is 11.5. The lowest BCUT2D eigenvalue weighted by atomic mass is 10.1. The van der Waals surface area contributed by atoms with Crippen molar-refractivity contribution < 1.29 is 19.1 Å². The summed E-state index contributed by atoms with van der Waals surface area (Å²) < 4.78 is 11.1. The number of benzene rings is 4. The van der Waals surface area contributed by atoms with E-state index in [0.717, 1.165) is 16.7 Å². The maximum Gasteiger partial charge on any atom is 0.343 e. The highest BCUT2D eigenvalue weighted by Crippen LogP contribution is 2.17. The van der Waals surface area contributed by atoms with E-state index >= 15 is 0 Å². The number of halogens is 1. The molecule has 0 atom stereocenters.